The quantitative estimate of drug-likeness (QED) is 0.431. The van der Waals surface area contributed by atoms with Crippen LogP contribution < -0.4 is 4.90 Å². The number of aryl methyl sites for hydroxylation is 4. The lowest BCUT2D eigenvalue weighted by atomic mass is 10.0. The Labute approximate surface area is 202 Å². The second-order valence-electron chi connectivity index (χ2n) is 9.97. The van der Waals surface area contributed by atoms with Crippen molar-refractivity contribution >= 4 is 11.5 Å². The molecular weight excluding hydrogens is 418 g/mol. The molecule has 0 N–H and O–H groups in total. The Morgan fingerprint density at radius 1 is 0.882 bits per heavy atom. The van der Waals surface area contributed by atoms with Crippen LogP contribution in [0, 0.1) is 20.8 Å². The van der Waals surface area contributed by atoms with Gasteiger partial charge in [0.25, 0.3) is 0 Å². The van der Waals surface area contributed by atoms with Crippen molar-refractivity contribution in [2.75, 3.05) is 31.1 Å². The van der Waals surface area contributed by atoms with Crippen molar-refractivity contribution < 1.29 is 0 Å². The standard InChI is InChI=1S/C29H33N5/c1-20-12-13-24(21(2)18-20)19-32-14-16-33(17-15-32)29-25-10-7-11-26(25)30-28-27(22(3)31-34(28)29)23-8-5-4-6-9-23/h4-6,8-9,12-13,18H,7,10-11,14-17,19H2,1-3H3. The van der Waals surface area contributed by atoms with Gasteiger partial charge in [-0.05, 0) is 56.7 Å². The normalized spacial score (nSPS) is 16.4. The first-order valence-corrected chi connectivity index (χ1v) is 12.6. The highest BCUT2D eigenvalue weighted by Gasteiger charge is 2.29. The van der Waals surface area contributed by atoms with Crippen LogP contribution in [0.4, 0.5) is 5.82 Å². The third-order valence-corrected chi connectivity index (χ3v) is 7.56. The molecule has 2 aromatic carbocycles. The molecule has 0 unspecified atom stereocenters. The van der Waals surface area contributed by atoms with E-state index >= 15 is 0 Å². The van der Waals surface area contributed by atoms with Gasteiger partial charge in [-0.2, -0.15) is 9.61 Å². The summed E-state index contributed by atoms with van der Waals surface area (Å²) in [7, 11) is 0. The number of fused-ring (bicyclic) bond motifs is 2. The Morgan fingerprint density at radius 3 is 2.44 bits per heavy atom. The van der Waals surface area contributed by atoms with E-state index in [4.69, 9.17) is 10.1 Å². The molecule has 0 atom stereocenters. The maximum absolute atomic E-state index is 5.16. The zero-order chi connectivity index (χ0) is 23.2. The van der Waals surface area contributed by atoms with E-state index in [1.54, 1.807) is 0 Å². The predicted molar refractivity (Wildman–Crippen MR) is 139 cm³/mol. The SMILES string of the molecule is Cc1ccc(CN2CCN(c3c4c(nc5c(-c6ccccc6)c(C)nn35)CCC4)CC2)c(C)c1. The number of piperazine rings is 1. The van der Waals surface area contributed by atoms with E-state index in [9.17, 15) is 0 Å². The molecule has 0 saturated carbocycles. The fourth-order valence-electron chi connectivity index (χ4n) is 5.76. The number of benzene rings is 2. The van der Waals surface area contributed by atoms with E-state index in [0.717, 1.165) is 56.9 Å². The van der Waals surface area contributed by atoms with Gasteiger partial charge in [-0.1, -0.05) is 54.1 Å². The largest absolute Gasteiger partial charge is 0.354 e. The number of rotatable bonds is 4. The first-order chi connectivity index (χ1) is 16.6. The van der Waals surface area contributed by atoms with Gasteiger partial charge in [-0.3, -0.25) is 4.90 Å². The van der Waals surface area contributed by atoms with E-state index in [2.05, 4.69) is 83.6 Å². The van der Waals surface area contributed by atoms with Gasteiger partial charge in [0.15, 0.2) is 5.65 Å². The monoisotopic (exact) mass is 451 g/mol. The zero-order valence-corrected chi connectivity index (χ0v) is 20.5. The van der Waals surface area contributed by atoms with Gasteiger partial charge < -0.3 is 4.90 Å². The summed E-state index contributed by atoms with van der Waals surface area (Å²) in [6, 6.07) is 17.4. The molecule has 0 radical (unpaired) electrons. The minimum atomic E-state index is 1.01. The first-order valence-electron chi connectivity index (χ1n) is 12.6. The maximum atomic E-state index is 5.16. The average Bonchev–Trinajstić information content (AvgIpc) is 3.43. The smallest absolute Gasteiger partial charge is 0.165 e. The highest BCUT2D eigenvalue weighted by Crippen LogP contribution is 2.36. The summed E-state index contributed by atoms with van der Waals surface area (Å²) in [4.78, 5) is 10.3. The minimum Gasteiger partial charge on any atom is -0.354 e. The van der Waals surface area contributed by atoms with Crippen molar-refractivity contribution in [3.8, 4) is 11.1 Å². The van der Waals surface area contributed by atoms with Crippen LogP contribution >= 0.6 is 0 Å². The maximum Gasteiger partial charge on any atom is 0.165 e. The molecule has 6 rings (SSSR count). The van der Waals surface area contributed by atoms with Crippen molar-refractivity contribution in [3.05, 3.63) is 82.2 Å². The van der Waals surface area contributed by atoms with E-state index in [0.29, 0.717) is 0 Å². The van der Waals surface area contributed by atoms with Crippen molar-refractivity contribution in [3.63, 3.8) is 0 Å². The molecule has 1 aliphatic heterocycles. The summed E-state index contributed by atoms with van der Waals surface area (Å²) < 4.78 is 2.15. The summed E-state index contributed by atoms with van der Waals surface area (Å²) in [5.41, 5.74) is 11.3. The lowest BCUT2D eigenvalue weighted by molar-refractivity contribution is 0.248. The van der Waals surface area contributed by atoms with Crippen LogP contribution in [-0.4, -0.2) is 45.7 Å². The third-order valence-electron chi connectivity index (χ3n) is 7.56. The van der Waals surface area contributed by atoms with Gasteiger partial charge in [0.05, 0.1) is 5.69 Å². The van der Waals surface area contributed by atoms with Crippen LogP contribution in [-0.2, 0) is 19.4 Å². The van der Waals surface area contributed by atoms with Crippen LogP contribution in [0.15, 0.2) is 48.5 Å². The molecule has 174 valence electrons. The Morgan fingerprint density at radius 2 is 1.68 bits per heavy atom. The Balaban J connectivity index is 1.32. The Bertz CT molecular complexity index is 1350. The van der Waals surface area contributed by atoms with Gasteiger partial charge >= 0.3 is 0 Å². The predicted octanol–water partition coefficient (Wildman–Crippen LogP) is 5.13. The molecule has 0 spiro atoms. The molecule has 0 amide bonds. The van der Waals surface area contributed by atoms with Gasteiger partial charge in [-0.15, -0.1) is 0 Å². The fraction of sp³-hybridized carbons (Fsp3) is 0.379. The average molecular weight is 452 g/mol. The Hall–Kier alpha value is -3.18. The van der Waals surface area contributed by atoms with Crippen LogP contribution in [0.25, 0.3) is 16.8 Å². The second-order valence-corrected chi connectivity index (χ2v) is 9.97. The topological polar surface area (TPSA) is 36.7 Å². The van der Waals surface area contributed by atoms with E-state index in [-0.39, 0.29) is 0 Å². The van der Waals surface area contributed by atoms with Crippen molar-refractivity contribution in [2.24, 2.45) is 0 Å². The summed E-state index contributed by atoms with van der Waals surface area (Å²) >= 11 is 0. The van der Waals surface area contributed by atoms with Gasteiger partial charge in [0.2, 0.25) is 0 Å². The van der Waals surface area contributed by atoms with Crippen LogP contribution in [0.3, 0.4) is 0 Å². The molecule has 1 saturated heterocycles. The summed E-state index contributed by atoms with van der Waals surface area (Å²) in [5.74, 6) is 1.29. The van der Waals surface area contributed by atoms with E-state index < -0.39 is 0 Å². The van der Waals surface area contributed by atoms with Crippen LogP contribution in [0.2, 0.25) is 0 Å². The highest BCUT2D eigenvalue weighted by atomic mass is 15.4. The van der Waals surface area contributed by atoms with Crippen molar-refractivity contribution in [1.29, 1.82) is 0 Å². The molecule has 1 aliphatic carbocycles. The lowest BCUT2D eigenvalue weighted by Crippen LogP contribution is -2.47. The number of hydrogen-bond acceptors (Lipinski definition) is 4. The molecular formula is C29H33N5. The van der Waals surface area contributed by atoms with Gasteiger partial charge in [0, 0.05) is 49.5 Å². The summed E-state index contributed by atoms with van der Waals surface area (Å²) in [6.07, 6.45) is 3.37. The highest BCUT2D eigenvalue weighted by molar-refractivity contribution is 5.81. The molecule has 1 fully saturated rings. The van der Waals surface area contributed by atoms with E-state index in [1.807, 2.05) is 0 Å². The molecule has 4 aromatic rings. The molecule has 5 nitrogen and oxygen atoms in total. The number of anilines is 1. The van der Waals surface area contributed by atoms with Gasteiger partial charge in [0.1, 0.15) is 5.82 Å². The van der Waals surface area contributed by atoms with Gasteiger partial charge in [-0.25, -0.2) is 4.98 Å². The fourth-order valence-corrected chi connectivity index (χ4v) is 5.76. The molecule has 0 bridgehead atoms. The second kappa shape index (κ2) is 8.55. The number of nitrogens with zero attached hydrogens (tertiary/aromatic N) is 5. The molecule has 5 heteroatoms. The third kappa shape index (κ3) is 3.68. The zero-order valence-electron chi connectivity index (χ0n) is 20.5. The molecule has 3 heterocycles. The summed E-state index contributed by atoms with van der Waals surface area (Å²) in [5, 5.41) is 5.05. The first kappa shape index (κ1) is 21.4. The Kier molecular flexibility index (Phi) is 5.37. The number of hydrogen-bond donors (Lipinski definition) is 0. The molecule has 2 aliphatic rings. The van der Waals surface area contributed by atoms with Crippen LogP contribution in [0.5, 0.6) is 0 Å². The van der Waals surface area contributed by atoms with Crippen molar-refractivity contribution in [1.82, 2.24) is 19.5 Å². The van der Waals surface area contributed by atoms with Crippen LogP contribution in [0.1, 0.15) is 40.1 Å². The number of aromatic nitrogens is 3. The molecule has 34 heavy (non-hydrogen) atoms. The lowest BCUT2D eigenvalue weighted by Gasteiger charge is -2.37. The minimum absolute atomic E-state index is 1.01. The van der Waals surface area contributed by atoms with Crippen molar-refractivity contribution in [2.45, 2.75) is 46.6 Å². The van der Waals surface area contributed by atoms with E-state index in [1.165, 1.54) is 51.3 Å². The molecule has 2 aromatic heterocycles. The summed E-state index contributed by atoms with van der Waals surface area (Å²) in [6.45, 7) is 11.7.